The number of halogens is 3. The Balaban J connectivity index is 1.93. The van der Waals surface area contributed by atoms with Crippen LogP contribution in [0.1, 0.15) is 33.4 Å². The normalized spacial score (nSPS) is 9.28. The molecule has 0 radical (unpaired) electrons. The maximum absolute atomic E-state index is 14.6. The van der Waals surface area contributed by atoms with Crippen molar-refractivity contribution >= 4 is 0 Å². The van der Waals surface area contributed by atoms with Crippen molar-refractivity contribution in [3.8, 4) is 35.8 Å². The molecule has 0 heterocycles. The van der Waals surface area contributed by atoms with Gasteiger partial charge in [0.15, 0.2) is 5.82 Å². The van der Waals surface area contributed by atoms with Gasteiger partial charge in [-0.1, -0.05) is 29.7 Å². The van der Waals surface area contributed by atoms with E-state index in [0.717, 1.165) is 12.1 Å². The van der Waals surface area contributed by atoms with Gasteiger partial charge in [0.05, 0.1) is 45.5 Å². The molecule has 0 aromatic heterocycles. The molecule has 3 rings (SSSR count). The van der Waals surface area contributed by atoms with Gasteiger partial charge in [-0.05, 0) is 48.5 Å². The molecule has 0 atom stereocenters. The second-order valence-corrected chi connectivity index (χ2v) is 5.78. The molecule has 0 aliphatic heterocycles. The number of hydrogen-bond donors (Lipinski definition) is 0. The Kier molecular flexibility index (Phi) is 5.66. The lowest BCUT2D eigenvalue weighted by Crippen LogP contribution is -1.91. The fraction of sp³-hybridized carbons (Fsp3) is 0. The molecule has 0 bridgehead atoms. The Morgan fingerprint density at radius 3 is 1.34 bits per heavy atom. The summed E-state index contributed by atoms with van der Waals surface area (Å²) in [6, 6.07) is 15.6. The highest BCUT2D eigenvalue weighted by Gasteiger charge is 2.06. The smallest absolute Gasteiger partial charge is 0.154 e. The van der Waals surface area contributed by atoms with Gasteiger partial charge in [-0.25, -0.2) is 13.2 Å². The Bertz CT molecular complexity index is 1220. The van der Waals surface area contributed by atoms with E-state index >= 15 is 0 Å². The zero-order chi connectivity index (χ0) is 20.8. The first-order chi connectivity index (χ1) is 14.0. The van der Waals surface area contributed by atoms with Gasteiger partial charge < -0.3 is 0 Å². The van der Waals surface area contributed by atoms with E-state index < -0.39 is 17.5 Å². The minimum Gasteiger partial charge on any atom is -0.206 e. The van der Waals surface area contributed by atoms with Crippen molar-refractivity contribution in [2.24, 2.45) is 0 Å². The first kappa shape index (κ1) is 19.3. The summed E-state index contributed by atoms with van der Waals surface area (Å²) in [5, 5.41) is 17.5. The molecule has 0 fully saturated rings. The van der Waals surface area contributed by atoms with Gasteiger partial charge in [-0.3, -0.25) is 0 Å². The van der Waals surface area contributed by atoms with Crippen LogP contribution in [0.3, 0.4) is 0 Å². The second kappa shape index (κ2) is 8.49. The van der Waals surface area contributed by atoms with Crippen LogP contribution in [0.5, 0.6) is 0 Å². The van der Waals surface area contributed by atoms with Crippen molar-refractivity contribution in [3.63, 3.8) is 0 Å². The van der Waals surface area contributed by atoms with Crippen LogP contribution in [0, 0.1) is 63.8 Å². The predicted molar refractivity (Wildman–Crippen MR) is 101 cm³/mol. The quantitative estimate of drug-likeness (QED) is 0.532. The number of hydrogen-bond acceptors (Lipinski definition) is 2. The molecule has 29 heavy (non-hydrogen) atoms. The summed E-state index contributed by atoms with van der Waals surface area (Å²) < 4.78 is 42.4. The zero-order valence-electron chi connectivity index (χ0n) is 14.7. The zero-order valence-corrected chi connectivity index (χ0v) is 14.7. The molecule has 2 nitrogen and oxygen atoms in total. The van der Waals surface area contributed by atoms with Gasteiger partial charge in [-0.15, -0.1) is 0 Å². The van der Waals surface area contributed by atoms with E-state index in [1.54, 1.807) is 0 Å². The SMILES string of the molecule is N#Cc1ccc(C#Cc2cccc(C#Cc3ccc(C#N)cc3F)c2F)c(F)c1. The Morgan fingerprint density at radius 1 is 0.552 bits per heavy atom. The maximum Gasteiger partial charge on any atom is 0.154 e. The lowest BCUT2D eigenvalue weighted by Gasteiger charge is -1.99. The molecule has 3 aromatic rings. The third-order valence-corrected chi connectivity index (χ3v) is 3.86. The van der Waals surface area contributed by atoms with Crippen LogP contribution in [0.4, 0.5) is 13.2 Å². The molecule has 0 unspecified atom stereocenters. The lowest BCUT2D eigenvalue weighted by atomic mass is 10.1. The molecule has 5 heteroatoms. The van der Waals surface area contributed by atoms with Crippen LogP contribution in [0.25, 0.3) is 0 Å². The summed E-state index contributed by atoms with van der Waals surface area (Å²) in [7, 11) is 0. The lowest BCUT2D eigenvalue weighted by molar-refractivity contribution is 0.619. The van der Waals surface area contributed by atoms with Crippen molar-refractivity contribution in [2.75, 3.05) is 0 Å². The molecule has 136 valence electrons. The number of nitriles is 2. The fourth-order valence-corrected chi connectivity index (χ4v) is 2.37. The molecule has 0 amide bonds. The molecule has 0 saturated heterocycles. The van der Waals surface area contributed by atoms with E-state index in [4.69, 9.17) is 10.5 Å². The summed E-state index contributed by atoms with van der Waals surface area (Å²) in [4.78, 5) is 0. The molecular weight excluding hydrogens is 373 g/mol. The summed E-state index contributed by atoms with van der Waals surface area (Å²) in [6.45, 7) is 0. The Hall–Kier alpha value is -4.45. The first-order valence-electron chi connectivity index (χ1n) is 8.23. The van der Waals surface area contributed by atoms with Crippen LogP contribution in [0.2, 0.25) is 0 Å². The average molecular weight is 382 g/mol. The van der Waals surface area contributed by atoms with Crippen molar-refractivity contribution in [2.45, 2.75) is 0 Å². The monoisotopic (exact) mass is 382 g/mol. The fourth-order valence-electron chi connectivity index (χ4n) is 2.37. The van der Waals surface area contributed by atoms with Crippen LogP contribution in [0.15, 0.2) is 54.6 Å². The third kappa shape index (κ3) is 4.45. The standard InChI is InChI=1S/C24H9F3N2/c25-22-12-16(14-28)4-6-18(22)8-10-20-2-1-3-21(24(20)27)11-9-19-7-5-17(15-29)13-23(19)26/h1-7,12-13H. The van der Waals surface area contributed by atoms with Gasteiger partial charge in [0.2, 0.25) is 0 Å². The van der Waals surface area contributed by atoms with E-state index in [-0.39, 0.29) is 33.4 Å². The van der Waals surface area contributed by atoms with Gasteiger partial charge in [0.25, 0.3) is 0 Å². The van der Waals surface area contributed by atoms with Crippen molar-refractivity contribution < 1.29 is 13.2 Å². The summed E-state index contributed by atoms with van der Waals surface area (Å²) in [5.74, 6) is 8.09. The van der Waals surface area contributed by atoms with E-state index in [1.165, 1.54) is 42.5 Å². The number of benzene rings is 3. The third-order valence-electron chi connectivity index (χ3n) is 3.86. The highest BCUT2D eigenvalue weighted by Crippen LogP contribution is 2.14. The van der Waals surface area contributed by atoms with Crippen molar-refractivity contribution in [3.05, 3.63) is 105 Å². The van der Waals surface area contributed by atoms with E-state index in [2.05, 4.69) is 23.7 Å². The molecular formula is C24H9F3N2. The molecule has 3 aromatic carbocycles. The largest absolute Gasteiger partial charge is 0.206 e. The number of nitrogens with zero attached hydrogens (tertiary/aromatic N) is 2. The molecule has 0 saturated carbocycles. The van der Waals surface area contributed by atoms with E-state index in [1.807, 2.05) is 12.1 Å². The Morgan fingerprint density at radius 2 is 0.966 bits per heavy atom. The molecule has 0 spiro atoms. The van der Waals surface area contributed by atoms with Gasteiger partial charge in [0, 0.05) is 0 Å². The van der Waals surface area contributed by atoms with Crippen molar-refractivity contribution in [1.29, 1.82) is 10.5 Å². The highest BCUT2D eigenvalue weighted by atomic mass is 19.1. The van der Waals surface area contributed by atoms with Gasteiger partial charge in [0.1, 0.15) is 11.6 Å². The van der Waals surface area contributed by atoms with E-state index in [9.17, 15) is 13.2 Å². The topological polar surface area (TPSA) is 47.6 Å². The summed E-state index contributed by atoms with van der Waals surface area (Å²) in [6.07, 6.45) is 0. The van der Waals surface area contributed by atoms with Gasteiger partial charge in [-0.2, -0.15) is 10.5 Å². The first-order valence-corrected chi connectivity index (χ1v) is 8.23. The van der Waals surface area contributed by atoms with Gasteiger partial charge >= 0.3 is 0 Å². The highest BCUT2D eigenvalue weighted by molar-refractivity contribution is 5.51. The summed E-state index contributed by atoms with van der Waals surface area (Å²) >= 11 is 0. The molecule has 0 N–H and O–H groups in total. The predicted octanol–water partition coefficient (Wildman–Crippen LogP) is 4.65. The average Bonchev–Trinajstić information content (AvgIpc) is 2.73. The van der Waals surface area contributed by atoms with Crippen LogP contribution >= 0.6 is 0 Å². The minimum absolute atomic E-state index is 0.000796. The van der Waals surface area contributed by atoms with Crippen molar-refractivity contribution in [1.82, 2.24) is 0 Å². The molecule has 0 aliphatic carbocycles. The van der Waals surface area contributed by atoms with Crippen LogP contribution < -0.4 is 0 Å². The maximum atomic E-state index is 14.6. The summed E-state index contributed by atoms with van der Waals surface area (Å²) in [5.41, 5.74) is 0.374. The van der Waals surface area contributed by atoms with Crippen LogP contribution in [-0.2, 0) is 0 Å². The van der Waals surface area contributed by atoms with E-state index in [0.29, 0.717) is 0 Å². The minimum atomic E-state index is -0.712. The second-order valence-electron chi connectivity index (χ2n) is 5.78. The Labute approximate surface area is 165 Å². The number of rotatable bonds is 0. The molecule has 0 aliphatic rings. The van der Waals surface area contributed by atoms with Crippen LogP contribution in [-0.4, -0.2) is 0 Å².